The van der Waals surface area contributed by atoms with Crippen LogP contribution in [0.5, 0.6) is 5.75 Å². The first kappa shape index (κ1) is 34.9. The fraction of sp³-hybridized carbons (Fsp3) is 0.297. The van der Waals surface area contributed by atoms with Gasteiger partial charge in [0.1, 0.15) is 24.2 Å². The summed E-state index contributed by atoms with van der Waals surface area (Å²) in [6.45, 7) is -0.624. The highest BCUT2D eigenvalue weighted by Gasteiger charge is 2.35. The molecule has 1 aliphatic rings. The van der Waals surface area contributed by atoms with Crippen molar-refractivity contribution in [1.82, 2.24) is 10.2 Å². The number of ether oxygens (including phenoxy) is 1. The Labute approximate surface area is 286 Å². The van der Waals surface area contributed by atoms with Crippen molar-refractivity contribution in [2.75, 3.05) is 18.0 Å². The van der Waals surface area contributed by atoms with Crippen molar-refractivity contribution in [3.63, 3.8) is 0 Å². The molecule has 1 aliphatic carbocycles. The number of nitrogens with zero attached hydrogens (tertiary/aromatic N) is 2. The fourth-order valence-corrected chi connectivity index (χ4v) is 7.44. The van der Waals surface area contributed by atoms with Gasteiger partial charge in [0.2, 0.25) is 11.8 Å². The molecule has 1 fully saturated rings. The smallest absolute Gasteiger partial charge is 0.264 e. The molecule has 2 amide bonds. The van der Waals surface area contributed by atoms with Gasteiger partial charge in [0.05, 0.1) is 17.7 Å². The molecule has 1 N–H and O–H groups in total. The van der Waals surface area contributed by atoms with Crippen LogP contribution in [0, 0.1) is 5.82 Å². The van der Waals surface area contributed by atoms with E-state index in [0.29, 0.717) is 16.3 Å². The third kappa shape index (κ3) is 8.93. The lowest BCUT2D eigenvalue weighted by Crippen LogP contribution is -2.55. The molecule has 5 rings (SSSR count). The van der Waals surface area contributed by atoms with E-state index in [1.165, 1.54) is 48.4 Å². The standard InChI is InChI=1S/C37H39ClFN3O5S/c1-47-33-20-22-34(23-21-33)48(45,46)42(32-18-16-30(39)17-19-32)26-36(43)41(25-28-12-14-29(38)15-13-28)35(24-27-8-4-2-5-9-27)37(44)40-31-10-6-3-7-11-31/h2,4-5,8-9,12-23,31,35H,3,6-7,10-11,24-26H2,1H3,(H,40,44). The first-order valence-corrected chi connectivity index (χ1v) is 17.8. The van der Waals surface area contributed by atoms with Crippen LogP contribution in [0.4, 0.5) is 10.1 Å². The highest BCUT2D eigenvalue weighted by molar-refractivity contribution is 7.92. The summed E-state index contributed by atoms with van der Waals surface area (Å²) in [5, 5.41) is 3.70. The molecule has 1 saturated carbocycles. The zero-order chi connectivity index (χ0) is 34.1. The zero-order valence-electron chi connectivity index (χ0n) is 26.7. The van der Waals surface area contributed by atoms with Gasteiger partial charge >= 0.3 is 0 Å². The van der Waals surface area contributed by atoms with E-state index in [1.807, 2.05) is 30.3 Å². The van der Waals surface area contributed by atoms with Crippen LogP contribution in [-0.2, 0) is 32.6 Å². The Morgan fingerprint density at radius 3 is 2.15 bits per heavy atom. The van der Waals surface area contributed by atoms with E-state index in [-0.39, 0.29) is 35.5 Å². The number of sulfonamides is 1. The minimum atomic E-state index is -4.34. The number of rotatable bonds is 13. The van der Waals surface area contributed by atoms with Gasteiger partial charge in [-0.25, -0.2) is 12.8 Å². The highest BCUT2D eigenvalue weighted by Crippen LogP contribution is 2.27. The molecule has 11 heteroatoms. The van der Waals surface area contributed by atoms with Gasteiger partial charge in [-0.15, -0.1) is 0 Å². The SMILES string of the molecule is COc1ccc(S(=O)(=O)N(CC(=O)N(Cc2ccc(Cl)cc2)C(Cc2ccccc2)C(=O)NC2CCCCC2)c2ccc(F)cc2)cc1. The van der Waals surface area contributed by atoms with Crippen LogP contribution in [0.25, 0.3) is 0 Å². The van der Waals surface area contributed by atoms with E-state index in [2.05, 4.69) is 5.32 Å². The molecule has 0 radical (unpaired) electrons. The Balaban J connectivity index is 1.55. The minimum Gasteiger partial charge on any atom is -0.497 e. The Kier molecular flexibility index (Phi) is 11.7. The van der Waals surface area contributed by atoms with Crippen LogP contribution < -0.4 is 14.4 Å². The third-order valence-electron chi connectivity index (χ3n) is 8.53. The van der Waals surface area contributed by atoms with E-state index >= 15 is 0 Å². The van der Waals surface area contributed by atoms with Crippen molar-refractivity contribution in [2.24, 2.45) is 0 Å². The molecule has 0 aromatic heterocycles. The molecule has 48 heavy (non-hydrogen) atoms. The first-order valence-electron chi connectivity index (χ1n) is 15.9. The number of hydrogen-bond acceptors (Lipinski definition) is 5. The second kappa shape index (κ2) is 16.1. The van der Waals surface area contributed by atoms with Crippen molar-refractivity contribution in [2.45, 2.75) is 62.0 Å². The first-order chi connectivity index (χ1) is 23.1. The summed E-state index contributed by atoms with van der Waals surface area (Å²) in [6, 6.07) is 26.1. The van der Waals surface area contributed by atoms with E-state index in [9.17, 15) is 22.4 Å². The number of anilines is 1. The van der Waals surface area contributed by atoms with E-state index in [0.717, 1.165) is 54.1 Å². The third-order valence-corrected chi connectivity index (χ3v) is 10.6. The maximum atomic E-state index is 14.6. The molecule has 0 bridgehead atoms. The predicted octanol–water partition coefficient (Wildman–Crippen LogP) is 6.77. The zero-order valence-corrected chi connectivity index (χ0v) is 28.3. The molecule has 1 atom stereocenters. The summed E-state index contributed by atoms with van der Waals surface area (Å²) >= 11 is 6.16. The summed E-state index contributed by atoms with van der Waals surface area (Å²) in [7, 11) is -2.87. The fourth-order valence-electron chi connectivity index (χ4n) is 5.90. The molecule has 252 valence electrons. The van der Waals surface area contributed by atoms with Crippen molar-refractivity contribution in [3.05, 3.63) is 125 Å². The van der Waals surface area contributed by atoms with E-state index < -0.39 is 34.3 Å². The Morgan fingerprint density at radius 1 is 0.875 bits per heavy atom. The molecule has 0 aliphatic heterocycles. The van der Waals surface area contributed by atoms with Crippen LogP contribution >= 0.6 is 11.6 Å². The maximum Gasteiger partial charge on any atom is 0.264 e. The quantitative estimate of drug-likeness (QED) is 0.167. The van der Waals surface area contributed by atoms with Gasteiger partial charge in [-0.05, 0) is 84.6 Å². The van der Waals surface area contributed by atoms with Crippen LogP contribution in [-0.4, -0.2) is 50.9 Å². The lowest BCUT2D eigenvalue weighted by atomic mass is 9.94. The van der Waals surface area contributed by atoms with Gasteiger partial charge in [-0.1, -0.05) is 73.3 Å². The number of halogens is 2. The second-order valence-corrected chi connectivity index (χ2v) is 14.2. The number of carbonyl (C=O) groups excluding carboxylic acids is 2. The van der Waals surface area contributed by atoms with Crippen molar-refractivity contribution in [1.29, 1.82) is 0 Å². The Morgan fingerprint density at radius 2 is 1.52 bits per heavy atom. The molecular formula is C37H39ClFN3O5S. The van der Waals surface area contributed by atoms with Crippen LogP contribution in [0.1, 0.15) is 43.2 Å². The topological polar surface area (TPSA) is 96.0 Å². The minimum absolute atomic E-state index is 0.0110. The molecule has 0 heterocycles. The Bertz CT molecular complexity index is 1770. The summed E-state index contributed by atoms with van der Waals surface area (Å²) in [4.78, 5) is 30.1. The normalized spacial score (nSPS) is 14.1. The van der Waals surface area contributed by atoms with Gasteiger partial charge in [0.15, 0.2) is 0 Å². The number of methoxy groups -OCH3 is 1. The monoisotopic (exact) mass is 691 g/mol. The summed E-state index contributed by atoms with van der Waals surface area (Å²) in [6.07, 6.45) is 5.05. The van der Waals surface area contributed by atoms with Crippen LogP contribution in [0.2, 0.25) is 5.02 Å². The van der Waals surface area contributed by atoms with Crippen molar-refractivity contribution in [3.8, 4) is 5.75 Å². The Hall–Kier alpha value is -4.41. The van der Waals surface area contributed by atoms with Gasteiger partial charge in [0, 0.05) is 24.0 Å². The predicted molar refractivity (Wildman–Crippen MR) is 185 cm³/mol. The van der Waals surface area contributed by atoms with Crippen LogP contribution in [0.3, 0.4) is 0 Å². The van der Waals surface area contributed by atoms with Gasteiger partial charge in [0.25, 0.3) is 10.0 Å². The summed E-state index contributed by atoms with van der Waals surface area (Å²) in [5.74, 6) is -1.01. The van der Waals surface area contributed by atoms with Gasteiger partial charge in [-0.2, -0.15) is 0 Å². The molecule has 1 unspecified atom stereocenters. The molecule has 4 aromatic rings. The largest absolute Gasteiger partial charge is 0.497 e. The van der Waals surface area contributed by atoms with Crippen molar-refractivity contribution < 1.29 is 27.1 Å². The number of amides is 2. The lowest BCUT2D eigenvalue weighted by Gasteiger charge is -2.35. The average molecular weight is 692 g/mol. The highest BCUT2D eigenvalue weighted by atomic mass is 35.5. The van der Waals surface area contributed by atoms with Gasteiger partial charge < -0.3 is 15.0 Å². The molecule has 0 spiro atoms. The van der Waals surface area contributed by atoms with E-state index in [4.69, 9.17) is 16.3 Å². The van der Waals surface area contributed by atoms with Crippen LogP contribution in [0.15, 0.2) is 108 Å². The number of nitrogens with one attached hydrogen (secondary N) is 1. The summed E-state index contributed by atoms with van der Waals surface area (Å²) in [5.41, 5.74) is 1.65. The molecule has 4 aromatic carbocycles. The molecule has 0 saturated heterocycles. The lowest BCUT2D eigenvalue weighted by molar-refractivity contribution is -0.140. The number of hydrogen-bond donors (Lipinski definition) is 1. The number of benzene rings is 4. The van der Waals surface area contributed by atoms with E-state index in [1.54, 1.807) is 24.3 Å². The second-order valence-electron chi connectivity index (χ2n) is 11.9. The number of carbonyl (C=O) groups is 2. The average Bonchev–Trinajstić information content (AvgIpc) is 3.10. The van der Waals surface area contributed by atoms with Crippen molar-refractivity contribution >= 4 is 39.1 Å². The summed E-state index contributed by atoms with van der Waals surface area (Å²) < 4.78 is 48.5. The maximum absolute atomic E-state index is 14.6. The molecular weight excluding hydrogens is 653 g/mol. The van der Waals surface area contributed by atoms with Gasteiger partial charge in [-0.3, -0.25) is 13.9 Å². The molecule has 8 nitrogen and oxygen atoms in total.